The number of hydrogen-bond acceptors (Lipinski definition) is 8. The van der Waals surface area contributed by atoms with Crippen molar-refractivity contribution in [2.45, 2.75) is 89.6 Å². The van der Waals surface area contributed by atoms with Crippen molar-refractivity contribution in [1.29, 1.82) is 0 Å². The molecule has 220 valence electrons. The minimum absolute atomic E-state index is 0.0264. The monoisotopic (exact) mass is 592 g/mol. The van der Waals surface area contributed by atoms with Crippen LogP contribution in [0.3, 0.4) is 0 Å². The molecule has 2 amide bonds. The van der Waals surface area contributed by atoms with Gasteiger partial charge in [-0.3, -0.25) is 19.7 Å². The van der Waals surface area contributed by atoms with E-state index < -0.39 is 19.3 Å². The van der Waals surface area contributed by atoms with Crippen LogP contribution < -0.4 is 5.32 Å². The van der Waals surface area contributed by atoms with Gasteiger partial charge in [-0.15, -0.1) is 0 Å². The second-order valence-corrected chi connectivity index (χ2v) is 18.0. The Hall–Kier alpha value is -2.77. The number of benzene rings is 1. The number of thioether (sulfide) groups is 1. The first-order chi connectivity index (χ1) is 18.6. The maximum Gasteiger partial charge on any atom is 0.435 e. The molecule has 0 unspecified atom stereocenters. The number of β-lactam (4-membered cyclic amide) rings is 1. The number of nitrogens with one attached hydrogen (secondary N) is 1. The Labute approximate surface area is 240 Å². The van der Waals surface area contributed by atoms with Gasteiger partial charge in [0.1, 0.15) is 12.4 Å². The Bertz CT molecular complexity index is 1150. The van der Waals surface area contributed by atoms with Crippen LogP contribution in [-0.4, -0.2) is 71.6 Å². The summed E-state index contributed by atoms with van der Waals surface area (Å²) in [5.74, 6) is 0.116. The maximum absolute atomic E-state index is 12.9. The fourth-order valence-electron chi connectivity index (χ4n) is 4.51. The molecule has 0 spiro atoms. The smallest absolute Gasteiger partial charge is 0.435 e. The summed E-state index contributed by atoms with van der Waals surface area (Å²) < 4.78 is 11.6. The summed E-state index contributed by atoms with van der Waals surface area (Å²) in [5, 5.41) is 13.7. The van der Waals surface area contributed by atoms with Crippen LogP contribution in [0.5, 0.6) is 0 Å². The molecule has 1 aromatic carbocycles. The van der Waals surface area contributed by atoms with Crippen LogP contribution in [0.2, 0.25) is 18.1 Å². The molecule has 0 aromatic heterocycles. The Morgan fingerprint density at radius 3 is 2.50 bits per heavy atom. The fraction of sp³-hybridized carbons (Fsp3) is 0.630. The average molecular weight is 593 g/mol. The van der Waals surface area contributed by atoms with Crippen molar-refractivity contribution in [2.24, 2.45) is 10.9 Å². The average Bonchev–Trinajstić information content (AvgIpc) is 3.29. The van der Waals surface area contributed by atoms with Gasteiger partial charge >= 0.3 is 6.09 Å². The predicted octanol–water partition coefficient (Wildman–Crippen LogP) is 4.90. The molecule has 0 aliphatic carbocycles. The van der Waals surface area contributed by atoms with Gasteiger partial charge in [-0.2, -0.15) is 4.99 Å². The van der Waals surface area contributed by atoms with E-state index in [1.807, 2.05) is 11.8 Å². The van der Waals surface area contributed by atoms with E-state index >= 15 is 0 Å². The standard InChI is InChI=1S/C27H40N4O7SSi/c1-17(38-40(6,7)27(3,4)5)24-22(29-25(24)33)14-23(32)39-21-12-13-30(15-21)18(2)28-26(34)37-16-19-8-10-20(11-9-19)31(35)36/h8-11,17,21-22,24H,12-16H2,1-7H3,(H,29,33)/t17-,21+,22-,24-/m1/s1. The Morgan fingerprint density at radius 1 is 1.27 bits per heavy atom. The number of nitro groups is 1. The lowest BCUT2D eigenvalue weighted by atomic mass is 9.84. The summed E-state index contributed by atoms with van der Waals surface area (Å²) in [4.78, 5) is 53.6. The first-order valence-electron chi connectivity index (χ1n) is 13.5. The van der Waals surface area contributed by atoms with Crippen LogP contribution in [-0.2, 0) is 25.4 Å². The lowest BCUT2D eigenvalue weighted by Gasteiger charge is -2.45. The van der Waals surface area contributed by atoms with E-state index in [2.05, 4.69) is 44.2 Å². The van der Waals surface area contributed by atoms with E-state index in [4.69, 9.17) is 9.16 Å². The van der Waals surface area contributed by atoms with Gasteiger partial charge in [0.15, 0.2) is 13.4 Å². The molecule has 2 fully saturated rings. The number of amidine groups is 1. The summed E-state index contributed by atoms with van der Waals surface area (Å²) in [7, 11) is -2.04. The zero-order chi connectivity index (χ0) is 29.8. The highest BCUT2D eigenvalue weighted by Gasteiger charge is 2.48. The zero-order valence-electron chi connectivity index (χ0n) is 24.3. The largest absolute Gasteiger partial charge is 0.443 e. The predicted molar refractivity (Wildman–Crippen MR) is 157 cm³/mol. The summed E-state index contributed by atoms with van der Waals surface area (Å²) in [6, 6.07) is 5.54. The van der Waals surface area contributed by atoms with Gasteiger partial charge in [-0.25, -0.2) is 4.79 Å². The summed E-state index contributed by atoms with van der Waals surface area (Å²) >= 11 is 1.28. The number of likely N-dealkylation sites (tertiary alicyclic amines) is 1. The Kier molecular flexibility index (Phi) is 10.2. The molecule has 1 aromatic rings. The second kappa shape index (κ2) is 12.8. The van der Waals surface area contributed by atoms with E-state index in [-0.39, 0.29) is 58.1 Å². The van der Waals surface area contributed by atoms with Gasteiger partial charge in [-0.05, 0) is 56.1 Å². The summed E-state index contributed by atoms with van der Waals surface area (Å²) in [5.41, 5.74) is 0.583. The van der Waals surface area contributed by atoms with E-state index in [0.717, 1.165) is 6.42 Å². The molecule has 2 aliphatic heterocycles. The quantitative estimate of drug-likeness (QED) is 0.106. The molecule has 3 rings (SSSR count). The first kappa shape index (κ1) is 31.8. The third-order valence-corrected chi connectivity index (χ3v) is 13.6. The van der Waals surface area contributed by atoms with Crippen LogP contribution in [0.25, 0.3) is 0 Å². The molecule has 0 bridgehead atoms. The third-order valence-electron chi connectivity index (χ3n) is 7.91. The van der Waals surface area contributed by atoms with Gasteiger partial charge < -0.3 is 19.4 Å². The van der Waals surface area contributed by atoms with Crippen molar-refractivity contribution < 1.29 is 28.5 Å². The Morgan fingerprint density at radius 2 is 1.93 bits per heavy atom. The number of carbonyl (C=O) groups is 3. The van der Waals surface area contributed by atoms with Gasteiger partial charge in [0.25, 0.3) is 5.69 Å². The normalized spacial score (nSPS) is 22.4. The van der Waals surface area contributed by atoms with Crippen molar-refractivity contribution in [3.8, 4) is 0 Å². The lowest BCUT2D eigenvalue weighted by Crippen LogP contribution is -2.64. The number of amides is 2. The van der Waals surface area contributed by atoms with Crippen molar-refractivity contribution in [3.63, 3.8) is 0 Å². The SMILES string of the molecule is CC(=NC(=O)OCc1ccc([N+](=O)[O-])cc1)N1CC[C@H](SC(=O)C[C@H]2NC(=O)[C@@H]2[C@@H](C)O[Si](C)(C)C(C)(C)C)C1. The number of ether oxygens (including phenoxy) is 1. The number of nitrogens with zero attached hydrogens (tertiary/aromatic N) is 3. The highest BCUT2D eigenvalue weighted by molar-refractivity contribution is 8.14. The first-order valence-corrected chi connectivity index (χ1v) is 17.2. The minimum Gasteiger partial charge on any atom is -0.443 e. The molecule has 0 saturated carbocycles. The maximum atomic E-state index is 12.9. The number of nitro benzene ring substituents is 1. The van der Waals surface area contributed by atoms with Crippen LogP contribution in [0.1, 0.15) is 53.0 Å². The fourth-order valence-corrected chi connectivity index (χ4v) is 7.07. The van der Waals surface area contributed by atoms with Gasteiger partial charge in [0.2, 0.25) is 5.91 Å². The van der Waals surface area contributed by atoms with Crippen LogP contribution >= 0.6 is 11.8 Å². The van der Waals surface area contributed by atoms with Crippen molar-refractivity contribution in [1.82, 2.24) is 10.2 Å². The molecular formula is C27H40N4O7SSi. The lowest BCUT2D eigenvalue weighted by molar-refractivity contribution is -0.384. The van der Waals surface area contributed by atoms with E-state index in [0.29, 0.717) is 24.5 Å². The molecule has 1 N–H and O–H groups in total. The molecule has 4 atom stereocenters. The van der Waals surface area contributed by atoms with Gasteiger partial charge in [0, 0.05) is 36.9 Å². The highest BCUT2D eigenvalue weighted by atomic mass is 32.2. The van der Waals surface area contributed by atoms with Crippen molar-refractivity contribution in [2.75, 3.05) is 13.1 Å². The van der Waals surface area contributed by atoms with Crippen LogP contribution in [0, 0.1) is 16.0 Å². The molecule has 40 heavy (non-hydrogen) atoms. The summed E-state index contributed by atoms with van der Waals surface area (Å²) in [6.07, 6.45) is 0.0272. The molecule has 0 radical (unpaired) electrons. The van der Waals surface area contributed by atoms with E-state index in [1.54, 1.807) is 6.92 Å². The molecule has 2 aliphatic rings. The number of non-ortho nitro benzene ring substituents is 1. The summed E-state index contributed by atoms with van der Waals surface area (Å²) in [6.45, 7) is 15.6. The number of aliphatic imine (C=N–C) groups is 1. The van der Waals surface area contributed by atoms with Crippen molar-refractivity contribution >= 4 is 48.7 Å². The van der Waals surface area contributed by atoms with Crippen LogP contribution in [0.4, 0.5) is 10.5 Å². The van der Waals surface area contributed by atoms with E-state index in [1.165, 1.54) is 36.0 Å². The molecule has 11 nitrogen and oxygen atoms in total. The van der Waals surface area contributed by atoms with Gasteiger partial charge in [-0.1, -0.05) is 32.5 Å². The highest BCUT2D eigenvalue weighted by Crippen LogP contribution is 2.39. The van der Waals surface area contributed by atoms with Gasteiger partial charge in [0.05, 0.1) is 23.0 Å². The van der Waals surface area contributed by atoms with Crippen LogP contribution in [0.15, 0.2) is 29.3 Å². The van der Waals surface area contributed by atoms with E-state index in [9.17, 15) is 24.5 Å². The number of hydrogen-bond donors (Lipinski definition) is 1. The number of carbonyl (C=O) groups excluding carboxylic acids is 3. The number of rotatable bonds is 9. The topological polar surface area (TPSA) is 140 Å². The molecule has 2 saturated heterocycles. The molecule has 2 heterocycles. The zero-order valence-corrected chi connectivity index (χ0v) is 26.1. The molecular weight excluding hydrogens is 552 g/mol. The van der Waals surface area contributed by atoms with Crippen molar-refractivity contribution in [3.05, 3.63) is 39.9 Å². The second-order valence-electron chi connectivity index (χ2n) is 11.9. The minimum atomic E-state index is -2.04. The third kappa shape index (κ3) is 8.13. The molecule has 13 heteroatoms. The Balaban J connectivity index is 1.44.